The van der Waals surface area contributed by atoms with Crippen LogP contribution in [0.3, 0.4) is 0 Å². The molecule has 36 heavy (non-hydrogen) atoms. The van der Waals surface area contributed by atoms with E-state index in [0.29, 0.717) is 23.9 Å². The van der Waals surface area contributed by atoms with Gasteiger partial charge in [-0.3, -0.25) is 9.69 Å². The minimum Gasteiger partial charge on any atom is -0.419 e. The predicted molar refractivity (Wildman–Crippen MR) is 129 cm³/mol. The Hall–Kier alpha value is -3.66. The lowest BCUT2D eigenvalue weighted by molar-refractivity contribution is -0.137. The molecule has 0 spiro atoms. The first-order valence-corrected chi connectivity index (χ1v) is 11.9. The van der Waals surface area contributed by atoms with E-state index in [2.05, 4.69) is 27.3 Å². The van der Waals surface area contributed by atoms with E-state index in [1.807, 2.05) is 24.3 Å². The van der Waals surface area contributed by atoms with E-state index in [1.165, 1.54) is 18.2 Å². The highest BCUT2D eigenvalue weighted by atomic mass is 19.4. The minimum atomic E-state index is -4.57. The smallest absolute Gasteiger partial charge is 0.418 e. The molecule has 1 fully saturated rings. The quantitative estimate of drug-likeness (QED) is 0.376. The molecule has 0 aliphatic carbocycles. The summed E-state index contributed by atoms with van der Waals surface area (Å²) in [5.74, 6) is 1.01. The molecule has 188 valence electrons. The molecule has 4 aromatic rings. The van der Waals surface area contributed by atoms with Crippen molar-refractivity contribution in [3.63, 3.8) is 0 Å². The van der Waals surface area contributed by atoms with E-state index in [-0.39, 0.29) is 12.2 Å². The summed E-state index contributed by atoms with van der Waals surface area (Å²) in [7, 11) is 0. The van der Waals surface area contributed by atoms with Gasteiger partial charge in [-0.2, -0.15) is 13.2 Å². The van der Waals surface area contributed by atoms with Gasteiger partial charge in [0, 0.05) is 17.1 Å². The van der Waals surface area contributed by atoms with E-state index in [1.54, 1.807) is 10.8 Å². The zero-order chi connectivity index (χ0) is 25.3. The Morgan fingerprint density at radius 2 is 1.81 bits per heavy atom. The van der Waals surface area contributed by atoms with Crippen LogP contribution in [0.25, 0.3) is 22.4 Å². The van der Waals surface area contributed by atoms with Crippen molar-refractivity contribution in [2.75, 3.05) is 18.4 Å². The van der Waals surface area contributed by atoms with Crippen molar-refractivity contribution in [2.24, 2.45) is 5.92 Å². The van der Waals surface area contributed by atoms with Gasteiger partial charge < -0.3 is 14.3 Å². The van der Waals surface area contributed by atoms with Crippen molar-refractivity contribution >= 4 is 22.5 Å². The molecule has 0 atom stereocenters. The number of alkyl halides is 3. The molecule has 1 aliphatic heterocycles. The summed E-state index contributed by atoms with van der Waals surface area (Å²) >= 11 is 0. The number of halogens is 3. The molecule has 3 heterocycles. The number of benzene rings is 2. The van der Waals surface area contributed by atoms with Crippen molar-refractivity contribution in [2.45, 2.75) is 39.0 Å². The number of hydrogen-bond donors (Lipinski definition) is 1. The summed E-state index contributed by atoms with van der Waals surface area (Å²) in [6.45, 7) is 4.64. The van der Waals surface area contributed by atoms with Crippen LogP contribution in [0.5, 0.6) is 0 Å². The first-order chi connectivity index (χ1) is 17.3. The molecule has 1 saturated heterocycles. The minimum absolute atomic E-state index is 0.181. The summed E-state index contributed by atoms with van der Waals surface area (Å²) in [4.78, 5) is 15.0. The Morgan fingerprint density at radius 3 is 2.58 bits per heavy atom. The third kappa shape index (κ3) is 5.13. The van der Waals surface area contributed by atoms with Crippen molar-refractivity contribution in [1.29, 1.82) is 0 Å². The van der Waals surface area contributed by atoms with E-state index in [4.69, 9.17) is 4.42 Å². The molecule has 1 N–H and O–H groups in total. The fraction of sp³-hybridized carbons (Fsp3) is 0.346. The number of fused-ring (bicyclic) bond motifs is 1. The van der Waals surface area contributed by atoms with Crippen LogP contribution in [0.1, 0.15) is 31.2 Å². The average Bonchev–Trinajstić information content (AvgIpc) is 3.45. The lowest BCUT2D eigenvalue weighted by atomic mass is 9.99. The maximum Gasteiger partial charge on any atom is 0.418 e. The Morgan fingerprint density at radius 1 is 1.08 bits per heavy atom. The number of anilines is 1. The Kier molecular flexibility index (Phi) is 6.53. The summed E-state index contributed by atoms with van der Waals surface area (Å²) < 4.78 is 47.6. The van der Waals surface area contributed by atoms with Gasteiger partial charge in [0.05, 0.1) is 23.4 Å². The standard InChI is InChI=1S/C26H26F3N5O2/c1-17-10-12-33(13-11-17)16-24-31-32-25(36-24)19-14-34(22-9-5-2-6-18(19)22)15-23(35)30-21-8-4-3-7-20(21)26(27,28)29/h2-9,14,17H,10-13,15-16H2,1H3,(H,30,35). The number of nitrogens with one attached hydrogen (secondary N) is 1. The van der Waals surface area contributed by atoms with Crippen LogP contribution in [0.15, 0.2) is 59.1 Å². The topological polar surface area (TPSA) is 76.2 Å². The number of carbonyl (C=O) groups is 1. The van der Waals surface area contributed by atoms with Gasteiger partial charge in [-0.15, -0.1) is 10.2 Å². The van der Waals surface area contributed by atoms with E-state index >= 15 is 0 Å². The van der Waals surface area contributed by atoms with Gasteiger partial charge >= 0.3 is 6.18 Å². The van der Waals surface area contributed by atoms with Crippen molar-refractivity contribution in [3.05, 3.63) is 66.2 Å². The Balaban J connectivity index is 1.36. The van der Waals surface area contributed by atoms with Crippen LogP contribution >= 0.6 is 0 Å². The first-order valence-electron chi connectivity index (χ1n) is 11.9. The molecule has 0 saturated carbocycles. The first kappa shape index (κ1) is 24.1. The number of para-hydroxylation sites is 2. The zero-order valence-corrected chi connectivity index (χ0v) is 19.8. The van der Waals surface area contributed by atoms with Gasteiger partial charge in [0.2, 0.25) is 17.7 Å². The highest BCUT2D eigenvalue weighted by molar-refractivity contribution is 5.97. The van der Waals surface area contributed by atoms with Gasteiger partial charge in [-0.1, -0.05) is 37.3 Å². The van der Waals surface area contributed by atoms with Crippen molar-refractivity contribution in [1.82, 2.24) is 19.7 Å². The number of rotatable bonds is 6. The summed E-state index contributed by atoms with van der Waals surface area (Å²) in [5.41, 5.74) is 0.231. The van der Waals surface area contributed by atoms with Crippen LogP contribution in [-0.2, 0) is 24.1 Å². The van der Waals surface area contributed by atoms with E-state index < -0.39 is 17.6 Å². The summed E-state index contributed by atoms with van der Waals surface area (Å²) in [6.07, 6.45) is -0.562. The number of hydrogen-bond acceptors (Lipinski definition) is 5. The third-order valence-corrected chi connectivity index (χ3v) is 6.54. The largest absolute Gasteiger partial charge is 0.419 e. The number of likely N-dealkylation sites (tertiary alicyclic amines) is 1. The van der Waals surface area contributed by atoms with E-state index in [9.17, 15) is 18.0 Å². The van der Waals surface area contributed by atoms with Crippen LogP contribution in [-0.4, -0.2) is 38.7 Å². The summed E-state index contributed by atoms with van der Waals surface area (Å²) in [6, 6.07) is 12.3. The highest BCUT2D eigenvalue weighted by Crippen LogP contribution is 2.35. The van der Waals surface area contributed by atoms with Crippen LogP contribution in [0.4, 0.5) is 18.9 Å². The van der Waals surface area contributed by atoms with E-state index in [0.717, 1.165) is 48.8 Å². The molecule has 1 aliphatic rings. The monoisotopic (exact) mass is 497 g/mol. The van der Waals surface area contributed by atoms with Gasteiger partial charge in [-0.05, 0) is 50.0 Å². The molecule has 2 aromatic heterocycles. The second-order valence-corrected chi connectivity index (χ2v) is 9.24. The zero-order valence-electron chi connectivity index (χ0n) is 19.8. The number of amides is 1. The van der Waals surface area contributed by atoms with Crippen molar-refractivity contribution in [3.8, 4) is 11.5 Å². The highest BCUT2D eigenvalue weighted by Gasteiger charge is 2.33. The average molecular weight is 498 g/mol. The number of nitrogens with zero attached hydrogens (tertiary/aromatic N) is 4. The van der Waals surface area contributed by atoms with Crippen LogP contribution in [0.2, 0.25) is 0 Å². The van der Waals surface area contributed by atoms with Crippen LogP contribution in [0, 0.1) is 5.92 Å². The lowest BCUT2D eigenvalue weighted by Crippen LogP contribution is -2.32. The normalized spacial score (nSPS) is 15.4. The third-order valence-electron chi connectivity index (χ3n) is 6.54. The number of piperidine rings is 1. The molecular weight excluding hydrogens is 471 g/mol. The Labute approximate surface area is 205 Å². The summed E-state index contributed by atoms with van der Waals surface area (Å²) in [5, 5.41) is 11.7. The second-order valence-electron chi connectivity index (χ2n) is 9.24. The maximum absolute atomic E-state index is 13.3. The van der Waals surface area contributed by atoms with Gasteiger partial charge in [0.1, 0.15) is 6.54 Å². The number of carbonyl (C=O) groups excluding carboxylic acids is 1. The Bertz CT molecular complexity index is 1370. The van der Waals surface area contributed by atoms with Gasteiger partial charge in [0.15, 0.2) is 0 Å². The predicted octanol–water partition coefficient (Wildman–Crippen LogP) is 5.58. The van der Waals surface area contributed by atoms with Crippen LogP contribution < -0.4 is 5.32 Å². The van der Waals surface area contributed by atoms with Gasteiger partial charge in [-0.25, -0.2) is 0 Å². The molecule has 0 bridgehead atoms. The molecule has 7 nitrogen and oxygen atoms in total. The molecule has 0 unspecified atom stereocenters. The fourth-order valence-electron chi connectivity index (χ4n) is 4.57. The molecule has 5 rings (SSSR count). The molecule has 10 heteroatoms. The molecular formula is C26H26F3N5O2. The van der Waals surface area contributed by atoms with Gasteiger partial charge in [0.25, 0.3) is 0 Å². The molecule has 0 radical (unpaired) electrons. The SMILES string of the molecule is CC1CCN(Cc2nnc(-c3cn(CC(=O)Nc4ccccc4C(F)(F)F)c4ccccc34)o2)CC1. The molecule has 1 amide bonds. The second kappa shape index (κ2) is 9.77. The lowest BCUT2D eigenvalue weighted by Gasteiger charge is -2.28. The maximum atomic E-state index is 13.3. The fourth-order valence-corrected chi connectivity index (χ4v) is 4.57. The number of aromatic nitrogens is 3. The molecule has 2 aromatic carbocycles. The van der Waals surface area contributed by atoms with Crippen molar-refractivity contribution < 1.29 is 22.4 Å².